The molecular weight excluding hydrogens is 264 g/mol. The minimum Gasteiger partial charge on any atom is -0.380 e. The molecule has 4 heteroatoms. The number of benzene rings is 2. The number of nitrogens with two attached hydrogens (primary N) is 1. The Kier molecular flexibility index (Phi) is 3.33. The zero-order chi connectivity index (χ0) is 14.9. The lowest BCUT2D eigenvalue weighted by Gasteiger charge is -2.30. The van der Waals surface area contributed by atoms with Crippen LogP contribution in [0.1, 0.15) is 28.7 Å². The fourth-order valence-corrected chi connectivity index (χ4v) is 2.84. The second-order valence-corrected chi connectivity index (χ2v) is 5.11. The normalized spacial score (nSPS) is 14.8. The van der Waals surface area contributed by atoms with Crippen LogP contribution in [0.4, 0.5) is 0 Å². The third kappa shape index (κ3) is 2.24. The average molecular weight is 280 g/mol. The van der Waals surface area contributed by atoms with Crippen molar-refractivity contribution in [3.8, 4) is 0 Å². The molecule has 0 fully saturated rings. The molecule has 0 saturated carbocycles. The van der Waals surface area contributed by atoms with E-state index in [0.29, 0.717) is 11.1 Å². The van der Waals surface area contributed by atoms with Gasteiger partial charge in [0.15, 0.2) is 0 Å². The SMILES string of the molecule is NNC(=O)CC1(O)c2ccccc2C=Cc2ccccc21. The zero-order valence-corrected chi connectivity index (χ0v) is 11.4. The van der Waals surface area contributed by atoms with Gasteiger partial charge >= 0.3 is 0 Å². The fraction of sp³-hybridized carbons (Fsp3) is 0.118. The summed E-state index contributed by atoms with van der Waals surface area (Å²) in [6.07, 6.45) is 3.78. The molecular formula is C17H16N2O2. The highest BCUT2D eigenvalue weighted by Gasteiger charge is 2.37. The molecule has 0 saturated heterocycles. The van der Waals surface area contributed by atoms with Crippen molar-refractivity contribution in [2.45, 2.75) is 12.0 Å². The van der Waals surface area contributed by atoms with Gasteiger partial charge < -0.3 is 5.11 Å². The number of aliphatic hydroxyl groups is 1. The van der Waals surface area contributed by atoms with Crippen molar-refractivity contribution in [3.05, 3.63) is 70.8 Å². The van der Waals surface area contributed by atoms with Crippen LogP contribution in [0.25, 0.3) is 12.2 Å². The number of carbonyl (C=O) groups excluding carboxylic acids is 1. The number of fused-ring (bicyclic) bond motifs is 2. The highest BCUT2D eigenvalue weighted by Crippen LogP contribution is 2.40. The van der Waals surface area contributed by atoms with Crippen LogP contribution < -0.4 is 11.3 Å². The van der Waals surface area contributed by atoms with E-state index in [2.05, 4.69) is 5.43 Å². The van der Waals surface area contributed by atoms with E-state index < -0.39 is 11.5 Å². The number of amides is 1. The highest BCUT2D eigenvalue weighted by molar-refractivity contribution is 5.82. The maximum absolute atomic E-state index is 11.8. The van der Waals surface area contributed by atoms with Crippen molar-refractivity contribution in [1.29, 1.82) is 0 Å². The molecule has 4 N–H and O–H groups in total. The Morgan fingerprint density at radius 1 is 1.00 bits per heavy atom. The quantitative estimate of drug-likeness (QED) is 0.446. The Labute approximate surface area is 122 Å². The number of carbonyl (C=O) groups is 1. The van der Waals surface area contributed by atoms with Crippen molar-refractivity contribution in [2.24, 2.45) is 5.84 Å². The van der Waals surface area contributed by atoms with E-state index in [-0.39, 0.29) is 6.42 Å². The molecule has 0 atom stereocenters. The Bertz CT molecular complexity index is 673. The first kappa shape index (κ1) is 13.5. The van der Waals surface area contributed by atoms with E-state index in [4.69, 9.17) is 5.84 Å². The van der Waals surface area contributed by atoms with Crippen molar-refractivity contribution < 1.29 is 9.90 Å². The van der Waals surface area contributed by atoms with Crippen molar-refractivity contribution in [2.75, 3.05) is 0 Å². The monoisotopic (exact) mass is 280 g/mol. The first-order chi connectivity index (χ1) is 10.1. The van der Waals surface area contributed by atoms with Crippen LogP contribution >= 0.6 is 0 Å². The summed E-state index contributed by atoms with van der Waals surface area (Å²) in [5, 5.41) is 11.3. The van der Waals surface area contributed by atoms with Crippen LogP contribution in [0.5, 0.6) is 0 Å². The molecule has 0 unspecified atom stereocenters. The summed E-state index contributed by atoms with van der Waals surface area (Å²) >= 11 is 0. The van der Waals surface area contributed by atoms with Crippen LogP contribution in [0.15, 0.2) is 48.5 Å². The third-order valence-electron chi connectivity index (χ3n) is 3.83. The molecule has 21 heavy (non-hydrogen) atoms. The van der Waals surface area contributed by atoms with Gasteiger partial charge in [-0.05, 0) is 22.3 Å². The van der Waals surface area contributed by atoms with Crippen LogP contribution in [0.2, 0.25) is 0 Å². The van der Waals surface area contributed by atoms with E-state index in [1.807, 2.05) is 60.7 Å². The van der Waals surface area contributed by atoms with E-state index in [1.165, 1.54) is 0 Å². The summed E-state index contributed by atoms with van der Waals surface area (Å²) in [6.45, 7) is 0. The van der Waals surface area contributed by atoms with Crippen molar-refractivity contribution in [3.63, 3.8) is 0 Å². The van der Waals surface area contributed by atoms with E-state index >= 15 is 0 Å². The highest BCUT2D eigenvalue weighted by atomic mass is 16.3. The van der Waals surface area contributed by atoms with Gasteiger partial charge in [-0.3, -0.25) is 10.2 Å². The maximum atomic E-state index is 11.8. The van der Waals surface area contributed by atoms with Crippen LogP contribution in [0, 0.1) is 0 Å². The van der Waals surface area contributed by atoms with Gasteiger partial charge in [-0.2, -0.15) is 0 Å². The van der Waals surface area contributed by atoms with Gasteiger partial charge in [0.25, 0.3) is 0 Å². The third-order valence-corrected chi connectivity index (χ3v) is 3.83. The lowest BCUT2D eigenvalue weighted by molar-refractivity contribution is -0.125. The molecule has 2 aromatic rings. The summed E-state index contributed by atoms with van der Waals surface area (Å²) in [7, 11) is 0. The molecule has 1 amide bonds. The number of hydrogen-bond acceptors (Lipinski definition) is 3. The van der Waals surface area contributed by atoms with Crippen LogP contribution in [-0.4, -0.2) is 11.0 Å². The minimum atomic E-state index is -1.40. The molecule has 4 nitrogen and oxygen atoms in total. The first-order valence-corrected chi connectivity index (χ1v) is 6.74. The summed E-state index contributed by atoms with van der Waals surface area (Å²) in [5.41, 5.74) is 3.88. The second-order valence-electron chi connectivity index (χ2n) is 5.11. The molecule has 1 aliphatic carbocycles. The Morgan fingerprint density at radius 2 is 1.48 bits per heavy atom. The first-order valence-electron chi connectivity index (χ1n) is 6.74. The predicted octanol–water partition coefficient (Wildman–Crippen LogP) is 1.79. The smallest absolute Gasteiger partial charge is 0.237 e. The molecule has 0 spiro atoms. The summed E-state index contributed by atoms with van der Waals surface area (Å²) in [6, 6.07) is 15.0. The Balaban J connectivity index is 2.26. The zero-order valence-electron chi connectivity index (χ0n) is 11.4. The van der Waals surface area contributed by atoms with E-state index in [0.717, 1.165) is 11.1 Å². The van der Waals surface area contributed by atoms with Gasteiger partial charge in [0.05, 0.1) is 6.42 Å². The molecule has 0 bridgehead atoms. The lowest BCUT2D eigenvalue weighted by atomic mass is 9.80. The van der Waals surface area contributed by atoms with Gasteiger partial charge in [0, 0.05) is 0 Å². The number of nitrogens with one attached hydrogen (secondary N) is 1. The Hall–Kier alpha value is -2.43. The molecule has 2 aromatic carbocycles. The molecule has 0 aromatic heterocycles. The fourth-order valence-electron chi connectivity index (χ4n) is 2.84. The van der Waals surface area contributed by atoms with Crippen molar-refractivity contribution in [1.82, 2.24) is 5.43 Å². The summed E-state index contributed by atoms with van der Waals surface area (Å²) in [4.78, 5) is 11.8. The lowest BCUT2D eigenvalue weighted by Crippen LogP contribution is -2.39. The molecule has 1 aliphatic rings. The van der Waals surface area contributed by atoms with Gasteiger partial charge in [-0.25, -0.2) is 5.84 Å². The molecule has 3 rings (SSSR count). The number of rotatable bonds is 2. The van der Waals surface area contributed by atoms with Gasteiger partial charge in [-0.1, -0.05) is 60.7 Å². The largest absolute Gasteiger partial charge is 0.380 e. The number of hydrazine groups is 1. The molecule has 0 heterocycles. The van der Waals surface area contributed by atoms with Gasteiger partial charge in [0.1, 0.15) is 5.60 Å². The maximum Gasteiger partial charge on any atom is 0.237 e. The van der Waals surface area contributed by atoms with Gasteiger partial charge in [0.2, 0.25) is 5.91 Å². The molecule has 0 radical (unpaired) electrons. The predicted molar refractivity (Wildman–Crippen MR) is 81.8 cm³/mol. The minimum absolute atomic E-state index is 0.126. The summed E-state index contributed by atoms with van der Waals surface area (Å²) < 4.78 is 0. The Morgan fingerprint density at radius 3 is 1.95 bits per heavy atom. The van der Waals surface area contributed by atoms with Crippen molar-refractivity contribution >= 4 is 18.1 Å². The molecule has 0 aliphatic heterocycles. The standard InChI is InChI=1S/C17H16N2O2/c18-19-16(20)11-17(21)14-7-3-1-5-12(14)9-10-13-6-2-4-8-15(13)17/h1-10,21H,11,18H2,(H,19,20). The summed E-state index contributed by atoms with van der Waals surface area (Å²) in [5.74, 6) is 4.79. The average Bonchev–Trinajstić information content (AvgIpc) is 2.64. The molecule has 106 valence electrons. The topological polar surface area (TPSA) is 75.3 Å². The van der Waals surface area contributed by atoms with E-state index in [1.54, 1.807) is 0 Å². The van der Waals surface area contributed by atoms with E-state index in [9.17, 15) is 9.90 Å². The van der Waals surface area contributed by atoms with Crippen LogP contribution in [0.3, 0.4) is 0 Å². The van der Waals surface area contributed by atoms with Crippen LogP contribution in [-0.2, 0) is 10.4 Å². The number of hydrogen-bond donors (Lipinski definition) is 3. The van der Waals surface area contributed by atoms with Gasteiger partial charge in [-0.15, -0.1) is 0 Å². The second kappa shape index (κ2) is 5.16.